The summed E-state index contributed by atoms with van der Waals surface area (Å²) in [4.78, 5) is 11.8. The molecule has 1 aromatic carbocycles. The Morgan fingerprint density at radius 1 is 1.50 bits per heavy atom. The highest BCUT2D eigenvalue weighted by Gasteiger charge is 2.09. The summed E-state index contributed by atoms with van der Waals surface area (Å²) in [5, 5.41) is 3.92. The minimum atomic E-state index is -0.323. The van der Waals surface area contributed by atoms with Gasteiger partial charge in [-0.1, -0.05) is 12.1 Å². The summed E-state index contributed by atoms with van der Waals surface area (Å²) in [5.41, 5.74) is 1.22. The van der Waals surface area contributed by atoms with Gasteiger partial charge in [0.25, 0.3) is 0 Å². The number of aromatic nitrogens is 2. The van der Waals surface area contributed by atoms with Gasteiger partial charge < -0.3 is 0 Å². The van der Waals surface area contributed by atoms with Gasteiger partial charge in [-0.2, -0.15) is 5.10 Å². The van der Waals surface area contributed by atoms with Gasteiger partial charge in [0.05, 0.1) is 11.8 Å². The summed E-state index contributed by atoms with van der Waals surface area (Å²) in [6.07, 6.45) is 3.37. The minimum absolute atomic E-state index is 0.0568. The van der Waals surface area contributed by atoms with Crippen molar-refractivity contribution < 1.29 is 9.18 Å². The van der Waals surface area contributed by atoms with E-state index in [0.717, 1.165) is 0 Å². The van der Waals surface area contributed by atoms with Gasteiger partial charge in [-0.05, 0) is 17.7 Å². The number of halogens is 1. The first-order chi connectivity index (χ1) is 7.65. The summed E-state index contributed by atoms with van der Waals surface area (Å²) in [6, 6.07) is 6.06. The van der Waals surface area contributed by atoms with Crippen LogP contribution in [0.25, 0.3) is 0 Å². The van der Waals surface area contributed by atoms with E-state index >= 15 is 0 Å². The minimum Gasteiger partial charge on any atom is -0.294 e. The lowest BCUT2D eigenvalue weighted by Crippen LogP contribution is -2.02. The molecule has 2 rings (SSSR count). The van der Waals surface area contributed by atoms with Gasteiger partial charge in [0.15, 0.2) is 5.78 Å². The molecule has 0 unspecified atom stereocenters. The maximum absolute atomic E-state index is 12.9. The first kappa shape index (κ1) is 10.5. The molecule has 1 heterocycles. The lowest BCUT2D eigenvalue weighted by molar-refractivity contribution is 0.0993. The van der Waals surface area contributed by atoms with E-state index in [0.29, 0.717) is 11.1 Å². The molecule has 0 aliphatic rings. The average molecular weight is 218 g/mol. The molecule has 16 heavy (non-hydrogen) atoms. The van der Waals surface area contributed by atoms with Crippen molar-refractivity contribution >= 4 is 5.78 Å². The van der Waals surface area contributed by atoms with Crippen molar-refractivity contribution in [3.05, 3.63) is 53.6 Å². The number of aryl methyl sites for hydroxylation is 1. The number of hydrogen-bond acceptors (Lipinski definition) is 2. The summed E-state index contributed by atoms with van der Waals surface area (Å²) >= 11 is 0. The van der Waals surface area contributed by atoms with E-state index in [2.05, 4.69) is 5.10 Å². The topological polar surface area (TPSA) is 34.9 Å². The Kier molecular flexibility index (Phi) is 2.81. The molecule has 0 saturated carbocycles. The maximum atomic E-state index is 12.9. The second kappa shape index (κ2) is 4.26. The highest BCUT2D eigenvalue weighted by molar-refractivity contribution is 5.97. The normalized spacial score (nSPS) is 10.4. The molecule has 82 valence electrons. The third-order valence-electron chi connectivity index (χ3n) is 2.28. The van der Waals surface area contributed by atoms with E-state index in [-0.39, 0.29) is 18.0 Å². The zero-order valence-corrected chi connectivity index (χ0v) is 8.85. The van der Waals surface area contributed by atoms with Crippen LogP contribution in [0, 0.1) is 5.82 Å². The molecule has 0 bridgehead atoms. The smallest absolute Gasteiger partial charge is 0.170 e. The van der Waals surface area contributed by atoms with Crippen LogP contribution in [0.4, 0.5) is 4.39 Å². The highest BCUT2D eigenvalue weighted by atomic mass is 19.1. The molecule has 0 spiro atoms. The number of benzene rings is 1. The van der Waals surface area contributed by atoms with E-state index < -0.39 is 0 Å². The van der Waals surface area contributed by atoms with Crippen molar-refractivity contribution in [1.82, 2.24) is 9.78 Å². The number of ketones is 1. The largest absolute Gasteiger partial charge is 0.294 e. The number of carbonyl (C=O) groups is 1. The van der Waals surface area contributed by atoms with Gasteiger partial charge in [-0.25, -0.2) is 4.39 Å². The predicted molar refractivity (Wildman–Crippen MR) is 57.6 cm³/mol. The zero-order valence-electron chi connectivity index (χ0n) is 8.85. The van der Waals surface area contributed by atoms with Crippen LogP contribution < -0.4 is 0 Å². The molecule has 1 aromatic heterocycles. The number of Topliss-reactive ketones (excluding diaryl/α,β-unsaturated/α-hetero) is 1. The van der Waals surface area contributed by atoms with Crippen molar-refractivity contribution in [2.45, 2.75) is 6.42 Å². The van der Waals surface area contributed by atoms with E-state index in [1.165, 1.54) is 18.3 Å². The SMILES string of the molecule is Cn1cc(C(=O)Cc2cccc(F)c2)cn1. The Hall–Kier alpha value is -1.97. The molecule has 0 fully saturated rings. The summed E-state index contributed by atoms with van der Waals surface area (Å²) in [7, 11) is 1.75. The van der Waals surface area contributed by atoms with Gasteiger partial charge in [0.2, 0.25) is 0 Å². The van der Waals surface area contributed by atoms with Crippen molar-refractivity contribution in [1.29, 1.82) is 0 Å². The quantitative estimate of drug-likeness (QED) is 0.738. The van der Waals surface area contributed by atoms with Crippen LogP contribution in [0.15, 0.2) is 36.7 Å². The molecule has 0 aliphatic heterocycles. The van der Waals surface area contributed by atoms with Crippen LogP contribution in [-0.4, -0.2) is 15.6 Å². The molecule has 0 aliphatic carbocycles. The Morgan fingerprint density at radius 2 is 2.31 bits per heavy atom. The molecular formula is C12H11FN2O. The maximum Gasteiger partial charge on any atom is 0.170 e. The fourth-order valence-electron chi connectivity index (χ4n) is 1.50. The lowest BCUT2D eigenvalue weighted by Gasteiger charge is -1.98. The third-order valence-corrected chi connectivity index (χ3v) is 2.28. The predicted octanol–water partition coefficient (Wildman–Crippen LogP) is 1.98. The first-order valence-corrected chi connectivity index (χ1v) is 4.91. The summed E-state index contributed by atoms with van der Waals surface area (Å²) in [5.74, 6) is -0.379. The van der Waals surface area contributed by atoms with Gasteiger partial charge >= 0.3 is 0 Å². The van der Waals surface area contributed by atoms with Crippen LogP contribution in [0.2, 0.25) is 0 Å². The van der Waals surface area contributed by atoms with Crippen molar-refractivity contribution in [3.8, 4) is 0 Å². The second-order valence-electron chi connectivity index (χ2n) is 3.63. The first-order valence-electron chi connectivity index (χ1n) is 4.91. The van der Waals surface area contributed by atoms with Gasteiger partial charge in [0, 0.05) is 19.7 Å². The molecule has 4 heteroatoms. The van der Waals surface area contributed by atoms with Crippen molar-refractivity contribution in [2.75, 3.05) is 0 Å². The highest BCUT2D eigenvalue weighted by Crippen LogP contribution is 2.08. The van der Waals surface area contributed by atoms with Gasteiger partial charge in [-0.15, -0.1) is 0 Å². The van der Waals surface area contributed by atoms with E-state index in [9.17, 15) is 9.18 Å². The molecule has 2 aromatic rings. The molecule has 3 nitrogen and oxygen atoms in total. The van der Waals surface area contributed by atoms with Crippen LogP contribution in [0.3, 0.4) is 0 Å². The number of nitrogens with zero attached hydrogens (tertiary/aromatic N) is 2. The Morgan fingerprint density at radius 3 is 2.94 bits per heavy atom. The third kappa shape index (κ3) is 2.34. The molecular weight excluding hydrogens is 207 g/mol. The fourth-order valence-corrected chi connectivity index (χ4v) is 1.50. The fraction of sp³-hybridized carbons (Fsp3) is 0.167. The second-order valence-corrected chi connectivity index (χ2v) is 3.63. The summed E-state index contributed by atoms with van der Waals surface area (Å²) < 4.78 is 14.5. The van der Waals surface area contributed by atoms with Crippen LogP contribution in [0.5, 0.6) is 0 Å². The van der Waals surface area contributed by atoms with Crippen LogP contribution >= 0.6 is 0 Å². The van der Waals surface area contributed by atoms with Crippen LogP contribution in [0.1, 0.15) is 15.9 Å². The monoisotopic (exact) mass is 218 g/mol. The van der Waals surface area contributed by atoms with Gasteiger partial charge in [-0.3, -0.25) is 9.48 Å². The Labute approximate surface area is 92.5 Å². The van der Waals surface area contributed by atoms with Gasteiger partial charge in [0.1, 0.15) is 5.82 Å². The zero-order chi connectivity index (χ0) is 11.5. The molecule has 0 saturated heterocycles. The standard InChI is InChI=1S/C12H11FN2O/c1-15-8-10(7-14-15)12(16)6-9-3-2-4-11(13)5-9/h2-5,7-8H,6H2,1H3. The lowest BCUT2D eigenvalue weighted by atomic mass is 10.1. The molecule has 0 atom stereocenters. The number of carbonyl (C=O) groups excluding carboxylic acids is 1. The van der Waals surface area contributed by atoms with E-state index in [1.807, 2.05) is 0 Å². The molecule has 0 N–H and O–H groups in total. The molecule has 0 radical (unpaired) electrons. The van der Waals surface area contributed by atoms with Crippen molar-refractivity contribution in [2.24, 2.45) is 7.05 Å². The Balaban J connectivity index is 2.13. The summed E-state index contributed by atoms with van der Waals surface area (Å²) in [6.45, 7) is 0. The Bertz CT molecular complexity index is 519. The average Bonchev–Trinajstić information content (AvgIpc) is 2.65. The number of hydrogen-bond donors (Lipinski definition) is 0. The van der Waals surface area contributed by atoms with Crippen molar-refractivity contribution in [3.63, 3.8) is 0 Å². The van der Waals surface area contributed by atoms with E-state index in [4.69, 9.17) is 0 Å². The number of rotatable bonds is 3. The van der Waals surface area contributed by atoms with Crippen LogP contribution in [-0.2, 0) is 13.5 Å². The molecule has 0 amide bonds. The van der Waals surface area contributed by atoms with E-state index in [1.54, 1.807) is 30.1 Å².